The number of aryl methyl sites for hydroxylation is 1. The van der Waals surface area contributed by atoms with Crippen LogP contribution in [0.15, 0.2) is 183 Å². The van der Waals surface area contributed by atoms with Crippen LogP contribution in [0.5, 0.6) is 0 Å². The van der Waals surface area contributed by atoms with Gasteiger partial charge in [0.15, 0.2) is 5.82 Å². The Morgan fingerprint density at radius 2 is 1.25 bits per heavy atom. The maximum absolute atomic E-state index is 5.23. The Balaban J connectivity index is 1.17. The van der Waals surface area contributed by atoms with Crippen LogP contribution in [0.2, 0.25) is 0 Å². The van der Waals surface area contributed by atoms with Crippen molar-refractivity contribution >= 4 is 27.6 Å². The highest BCUT2D eigenvalue weighted by atomic mass is 14.9. The van der Waals surface area contributed by atoms with Crippen molar-refractivity contribution in [1.82, 2.24) is 15.0 Å². The van der Waals surface area contributed by atoms with Crippen LogP contribution in [0.3, 0.4) is 0 Å². The Morgan fingerprint density at radius 3 is 2.02 bits per heavy atom. The van der Waals surface area contributed by atoms with Gasteiger partial charge < -0.3 is 0 Å². The van der Waals surface area contributed by atoms with Crippen molar-refractivity contribution in [3.05, 3.63) is 206 Å². The van der Waals surface area contributed by atoms with Crippen molar-refractivity contribution in [2.24, 2.45) is 0 Å². The number of rotatable bonds is 8. The lowest BCUT2D eigenvalue weighted by Gasteiger charge is -2.13. The fourth-order valence-electron chi connectivity index (χ4n) is 7.34. The second kappa shape index (κ2) is 14.5. The molecule has 3 heteroatoms. The van der Waals surface area contributed by atoms with Crippen molar-refractivity contribution in [2.75, 3.05) is 0 Å². The van der Waals surface area contributed by atoms with E-state index in [9.17, 15) is 0 Å². The van der Waals surface area contributed by atoms with E-state index in [-0.39, 0.29) is 0 Å². The molecule has 0 amide bonds. The normalized spacial score (nSPS) is 11.2. The first-order chi connectivity index (χ1) is 27.1. The van der Waals surface area contributed by atoms with E-state index in [2.05, 4.69) is 176 Å². The van der Waals surface area contributed by atoms with E-state index in [1.165, 1.54) is 21.9 Å². The predicted octanol–water partition coefficient (Wildman–Crippen LogP) is 13.3. The molecule has 0 radical (unpaired) electrons. The zero-order valence-corrected chi connectivity index (χ0v) is 30.4. The topological polar surface area (TPSA) is 38.7 Å². The molecule has 0 saturated carbocycles. The average molecular weight is 702 g/mol. The molecule has 0 fully saturated rings. The number of fused-ring (bicyclic) bond motifs is 2. The molecular weight excluding hydrogens is 667 g/mol. The highest BCUT2D eigenvalue weighted by Gasteiger charge is 2.15. The monoisotopic (exact) mass is 701 g/mol. The van der Waals surface area contributed by atoms with Gasteiger partial charge in [0.1, 0.15) is 0 Å². The summed E-state index contributed by atoms with van der Waals surface area (Å²) in [6, 6.07) is 59.7. The SMILES string of the molecule is C=C/C=C\c1cc(-c2cccc(-c3nc(-c4ccc(-c5cccnc5)cc4)cc(-c4ccc(-c5cccc6ccccc56)cc4)n3)c2)c2c#cccc2c1C. The number of allylic oxidation sites excluding steroid dienone is 2. The lowest BCUT2D eigenvalue weighted by atomic mass is 9.91. The fraction of sp³-hybridized carbons (Fsp3) is 0.0192. The summed E-state index contributed by atoms with van der Waals surface area (Å²) in [6.07, 6.45) is 9.57. The third-order valence-electron chi connectivity index (χ3n) is 10.2. The van der Waals surface area contributed by atoms with Crippen molar-refractivity contribution in [1.29, 1.82) is 0 Å². The standard InChI is InChI=1S/C52H35N3/c1-3-4-12-41-32-49(48-20-8-7-18-45(48)35(41)2)42-15-9-16-43(31-42)52-54-50(39-26-22-36(23-27-39)44-17-11-30-53-34-44)33-51(55-52)40-28-24-38(25-29-40)47-21-10-14-37-13-5-6-19-46(37)47/h3-7,9-19,21-34H,1H2,2H3/b12-4-. The molecule has 3 nitrogen and oxygen atoms in total. The average Bonchev–Trinajstić information content (AvgIpc) is 3.26. The first-order valence-corrected chi connectivity index (χ1v) is 18.4. The maximum atomic E-state index is 5.23. The van der Waals surface area contributed by atoms with Gasteiger partial charge in [-0.3, -0.25) is 4.98 Å². The molecule has 0 bridgehead atoms. The third-order valence-corrected chi connectivity index (χ3v) is 10.2. The summed E-state index contributed by atoms with van der Waals surface area (Å²) in [5.41, 5.74) is 13.7. The Labute approximate surface area is 321 Å². The van der Waals surface area contributed by atoms with Crippen LogP contribution >= 0.6 is 0 Å². The van der Waals surface area contributed by atoms with Gasteiger partial charge in [-0.05, 0) is 104 Å². The molecule has 9 rings (SSSR count). The van der Waals surface area contributed by atoms with Crippen LogP contribution in [0.1, 0.15) is 11.1 Å². The van der Waals surface area contributed by atoms with Gasteiger partial charge in [-0.15, -0.1) is 0 Å². The summed E-state index contributed by atoms with van der Waals surface area (Å²) in [5, 5.41) is 4.64. The molecule has 9 aromatic rings. The largest absolute Gasteiger partial charge is 0.264 e. The Hall–Kier alpha value is -7.41. The van der Waals surface area contributed by atoms with Crippen LogP contribution < -0.4 is 0 Å². The van der Waals surface area contributed by atoms with E-state index in [0.29, 0.717) is 5.82 Å². The van der Waals surface area contributed by atoms with Crippen LogP contribution in [-0.2, 0) is 0 Å². The van der Waals surface area contributed by atoms with Gasteiger partial charge in [-0.25, -0.2) is 9.97 Å². The summed E-state index contributed by atoms with van der Waals surface area (Å²) in [5.74, 6) is 0.655. The summed E-state index contributed by atoms with van der Waals surface area (Å²) in [7, 11) is 0. The second-order valence-corrected chi connectivity index (χ2v) is 13.6. The zero-order chi connectivity index (χ0) is 37.1. The summed E-state index contributed by atoms with van der Waals surface area (Å²) >= 11 is 0. The van der Waals surface area contributed by atoms with Crippen molar-refractivity contribution in [3.63, 3.8) is 0 Å². The predicted molar refractivity (Wildman–Crippen MR) is 229 cm³/mol. The summed E-state index contributed by atoms with van der Waals surface area (Å²) in [6.45, 7) is 6.03. The lowest BCUT2D eigenvalue weighted by molar-refractivity contribution is 1.18. The minimum absolute atomic E-state index is 0.655. The fourth-order valence-corrected chi connectivity index (χ4v) is 7.34. The first kappa shape index (κ1) is 33.4. The van der Waals surface area contributed by atoms with E-state index in [4.69, 9.17) is 9.97 Å². The molecule has 2 aromatic heterocycles. The van der Waals surface area contributed by atoms with Gasteiger partial charge in [0.05, 0.1) is 11.4 Å². The highest BCUT2D eigenvalue weighted by molar-refractivity contribution is 6.00. The summed E-state index contributed by atoms with van der Waals surface area (Å²) in [4.78, 5) is 14.7. The molecule has 0 aliphatic carbocycles. The molecule has 55 heavy (non-hydrogen) atoms. The second-order valence-electron chi connectivity index (χ2n) is 13.6. The molecule has 0 unspecified atom stereocenters. The van der Waals surface area contributed by atoms with E-state index in [1.54, 1.807) is 12.3 Å². The van der Waals surface area contributed by atoms with Crippen LogP contribution in [0, 0.1) is 19.1 Å². The molecule has 0 aliphatic rings. The van der Waals surface area contributed by atoms with E-state index in [0.717, 1.165) is 72.2 Å². The molecular formula is C52H35N3. The van der Waals surface area contributed by atoms with E-state index < -0.39 is 0 Å². The highest BCUT2D eigenvalue weighted by Crippen LogP contribution is 2.36. The molecule has 0 saturated heterocycles. The Bertz CT molecular complexity index is 2860. The minimum atomic E-state index is 0.655. The lowest BCUT2D eigenvalue weighted by Crippen LogP contribution is -1.96. The number of nitrogens with zero attached hydrogens (tertiary/aromatic N) is 3. The van der Waals surface area contributed by atoms with Crippen LogP contribution in [0.25, 0.3) is 94.9 Å². The zero-order valence-electron chi connectivity index (χ0n) is 30.4. The molecule has 0 N–H and O–H groups in total. The number of pyridine rings is 1. The Kier molecular flexibility index (Phi) is 8.84. The number of benzene rings is 6. The van der Waals surface area contributed by atoms with E-state index in [1.807, 2.05) is 24.4 Å². The molecule has 0 aliphatic heterocycles. The number of aromatic nitrogens is 3. The van der Waals surface area contributed by atoms with Gasteiger partial charge in [-0.2, -0.15) is 0 Å². The van der Waals surface area contributed by atoms with E-state index >= 15 is 0 Å². The van der Waals surface area contributed by atoms with Crippen LogP contribution in [0.4, 0.5) is 0 Å². The quantitative estimate of drug-likeness (QED) is 0.148. The number of hydrogen-bond acceptors (Lipinski definition) is 3. The first-order valence-electron chi connectivity index (χ1n) is 18.4. The minimum Gasteiger partial charge on any atom is -0.264 e. The van der Waals surface area contributed by atoms with Gasteiger partial charge in [-0.1, -0.05) is 152 Å². The smallest absolute Gasteiger partial charge is 0.160 e. The Morgan fingerprint density at radius 1 is 0.564 bits per heavy atom. The van der Waals surface area contributed by atoms with Gasteiger partial charge >= 0.3 is 0 Å². The molecule has 2 heterocycles. The molecule has 7 aromatic carbocycles. The molecule has 0 atom stereocenters. The summed E-state index contributed by atoms with van der Waals surface area (Å²) < 4.78 is 0. The van der Waals surface area contributed by atoms with Crippen molar-refractivity contribution in [2.45, 2.75) is 6.92 Å². The van der Waals surface area contributed by atoms with Gasteiger partial charge in [0.25, 0.3) is 0 Å². The van der Waals surface area contributed by atoms with Gasteiger partial charge in [0.2, 0.25) is 0 Å². The molecule has 258 valence electrons. The molecule has 0 spiro atoms. The van der Waals surface area contributed by atoms with Crippen molar-refractivity contribution < 1.29 is 0 Å². The van der Waals surface area contributed by atoms with Crippen LogP contribution in [-0.4, -0.2) is 15.0 Å². The number of hydrogen-bond donors (Lipinski definition) is 0. The van der Waals surface area contributed by atoms with Crippen molar-refractivity contribution in [3.8, 4) is 67.3 Å². The van der Waals surface area contributed by atoms with Gasteiger partial charge in [0, 0.05) is 34.5 Å². The third kappa shape index (κ3) is 6.59. The maximum Gasteiger partial charge on any atom is 0.160 e.